The van der Waals surface area contributed by atoms with Gasteiger partial charge < -0.3 is 9.13 Å². The summed E-state index contributed by atoms with van der Waals surface area (Å²) >= 11 is -3.16. The first-order valence-electron chi connectivity index (χ1n) is 27.4. The van der Waals surface area contributed by atoms with Crippen molar-refractivity contribution in [2.75, 3.05) is 0 Å². The molecule has 0 atom stereocenters. The average molecular weight is 1500 g/mol. The predicted molar refractivity (Wildman–Crippen MR) is 329 cm³/mol. The zero-order valence-electron chi connectivity index (χ0n) is 47.0. The topological polar surface area (TPSA) is 71.3 Å². The Balaban J connectivity index is 0.000000168. The summed E-state index contributed by atoms with van der Waals surface area (Å²) in [5.74, 6) is 4.79. The summed E-state index contributed by atoms with van der Waals surface area (Å²) in [5.41, 5.74) is 18.0. The molecule has 0 saturated heterocycles. The van der Waals surface area contributed by atoms with E-state index in [-0.39, 0.29) is 53.0 Å². The fourth-order valence-electron chi connectivity index (χ4n) is 11.4. The smallest absolute Gasteiger partial charge is 0.317 e. The largest absolute Gasteiger partial charge is 2.00 e. The van der Waals surface area contributed by atoms with E-state index in [4.69, 9.17) is 19.9 Å². The van der Waals surface area contributed by atoms with Gasteiger partial charge in [0.15, 0.2) is 8.07 Å². The second kappa shape index (κ2) is 22.1. The third-order valence-electron chi connectivity index (χ3n) is 16.2. The van der Waals surface area contributed by atoms with Crippen LogP contribution in [0.25, 0.3) is 67.8 Å². The Bertz CT molecular complexity index is 3710. The Morgan fingerprint density at radius 1 is 0.341 bits per heavy atom. The van der Waals surface area contributed by atoms with Gasteiger partial charge in [0.25, 0.3) is 0 Å². The quantitative estimate of drug-likeness (QED) is 0.130. The van der Waals surface area contributed by atoms with Gasteiger partial charge in [-0.25, -0.2) is 0 Å². The summed E-state index contributed by atoms with van der Waals surface area (Å²) in [7, 11) is -2.49. The number of aromatic nitrogens is 8. The molecule has 408 valence electrons. The van der Waals surface area contributed by atoms with Gasteiger partial charge in [-0.15, -0.1) is 70.8 Å². The van der Waals surface area contributed by atoms with Gasteiger partial charge in [-0.3, -0.25) is 9.97 Å². The maximum absolute atomic E-state index is 5.40. The number of hydrogen-bond donors (Lipinski definition) is 0. The number of rotatable bonds is 4. The van der Waals surface area contributed by atoms with E-state index in [0.29, 0.717) is 0 Å². The zero-order chi connectivity index (χ0) is 55.0. The van der Waals surface area contributed by atoms with Crippen LogP contribution >= 0.6 is 0 Å². The molecular weight excluding hydrogens is 1440 g/mol. The Morgan fingerprint density at radius 2 is 0.598 bits per heavy atom. The number of hydrogen-bond acceptors (Lipinski definition) is 4. The van der Waals surface area contributed by atoms with Crippen molar-refractivity contribution in [1.29, 1.82) is 0 Å². The van der Waals surface area contributed by atoms with Crippen molar-refractivity contribution in [3.8, 4) is 67.8 Å². The second-order valence-corrected chi connectivity index (χ2v) is 35.9. The molecule has 12 aromatic rings. The molecule has 12 heteroatoms. The van der Waals surface area contributed by atoms with E-state index >= 15 is 0 Å². The summed E-state index contributed by atoms with van der Waals surface area (Å²) in [6, 6.07) is 82.6. The van der Waals surface area contributed by atoms with E-state index in [1.807, 2.05) is 0 Å². The average Bonchev–Trinajstić information content (AvgIpc) is 4.41. The Hall–Kier alpha value is -7.26. The van der Waals surface area contributed by atoms with Gasteiger partial charge in [0, 0.05) is 22.8 Å². The first kappa shape index (κ1) is 56.6. The molecule has 14 rings (SSSR count). The van der Waals surface area contributed by atoms with Gasteiger partial charge in [0.05, 0.1) is 10.9 Å². The van der Waals surface area contributed by atoms with Crippen molar-refractivity contribution in [3.05, 3.63) is 265 Å². The van der Waals surface area contributed by atoms with E-state index in [2.05, 4.69) is 314 Å². The third kappa shape index (κ3) is 10.1. The number of fused-ring (bicyclic) bond motifs is 20. The van der Waals surface area contributed by atoms with Gasteiger partial charge in [-0.2, -0.15) is 0 Å². The molecule has 0 saturated carbocycles. The summed E-state index contributed by atoms with van der Waals surface area (Å²) in [5, 5.41) is 0. The SMILES string of the molecule is CC1(C)c2[c-]c(ccc2)-c2cn(-c3ccccc3)[c](n2)[Ge]([CH3])([CH3])[c]2nc(cn2-c2ccccc2)-c2[c-]c1ccc2.CC1(C)c2[c-]c(ccc2)-c2cn(-c3ccccc3)c(n2)[Si](C)(C)c2nc(cn2-c2ccccc2)-c2[c-]c1ccc2.[Pt+2].[Pt+2]. The fourth-order valence-corrected chi connectivity index (χ4v) is 19.4. The molecule has 2 aliphatic rings. The van der Waals surface area contributed by atoms with Crippen molar-refractivity contribution in [2.45, 2.75) is 63.1 Å². The van der Waals surface area contributed by atoms with Crippen LogP contribution in [0.2, 0.25) is 24.6 Å². The van der Waals surface area contributed by atoms with Gasteiger partial charge in [-0.1, -0.05) is 63.3 Å². The van der Waals surface area contributed by atoms with Crippen LogP contribution in [-0.2, 0) is 53.0 Å². The maximum atomic E-state index is 5.40. The number of imidazole rings is 4. The molecule has 16 bridgehead atoms. The van der Waals surface area contributed by atoms with E-state index < -0.39 is 21.3 Å². The zero-order valence-corrected chi connectivity index (χ0v) is 54.6. The van der Waals surface area contributed by atoms with Crippen molar-refractivity contribution < 1.29 is 42.1 Å². The van der Waals surface area contributed by atoms with Gasteiger partial charge in [-0.05, 0) is 42.1 Å². The molecule has 4 aromatic heterocycles. The Kier molecular flexibility index (Phi) is 15.3. The molecule has 0 N–H and O–H groups in total. The molecule has 6 heterocycles. The molecular formula is C70H60GeN8Pt2Si. The first-order chi connectivity index (χ1) is 38.6. The number of para-hydroxylation sites is 4. The van der Waals surface area contributed by atoms with E-state index in [1.165, 1.54) is 0 Å². The van der Waals surface area contributed by atoms with Crippen molar-refractivity contribution in [2.24, 2.45) is 0 Å². The van der Waals surface area contributed by atoms with Gasteiger partial charge in [0.1, 0.15) is 0 Å². The standard InChI is InChI=1S/C35H30GeN4.C35H30N4Si.2Pt/c1-35(2)27-15-11-13-25(21-27)31-23-39(29-17-7-5-8-18-29)33(37-31)36(3,4)34-38-32(26-14-12-16-28(35)22-26)24-40(34)30-19-9-6-10-20-30;1-35(2)27-15-11-13-25(21-27)31-23-38(29-17-7-5-8-18-29)33(36-31)40(3,4)34-37-32(26-14-12-16-28(35)22-26)24-39(34)30-19-9-6-10-20-30;;/h2*5-20,23-24H,1-4H3;;/q2*-2;2*+2. The van der Waals surface area contributed by atoms with E-state index in [0.717, 1.165) is 110 Å². The van der Waals surface area contributed by atoms with Crippen LogP contribution in [0.4, 0.5) is 0 Å². The second-order valence-electron chi connectivity index (χ2n) is 23.0. The van der Waals surface area contributed by atoms with Crippen molar-refractivity contribution in [3.63, 3.8) is 0 Å². The number of nitrogens with zero attached hydrogens (tertiary/aromatic N) is 8. The molecule has 0 fully saturated rings. The molecule has 8 aromatic carbocycles. The van der Waals surface area contributed by atoms with Gasteiger partial charge in [0.2, 0.25) is 0 Å². The minimum Gasteiger partial charge on any atom is -0.317 e. The first-order valence-corrected chi connectivity index (χ1v) is 36.7. The predicted octanol–water partition coefficient (Wildman–Crippen LogP) is 12.9. The summed E-state index contributed by atoms with van der Waals surface area (Å²) in [6.45, 7) is 13.7. The van der Waals surface area contributed by atoms with Crippen LogP contribution < -0.4 is 20.2 Å². The Morgan fingerprint density at radius 3 is 0.890 bits per heavy atom. The third-order valence-corrected chi connectivity index (χ3v) is 25.3. The monoisotopic (exact) mass is 1500 g/mol. The molecule has 0 unspecified atom stereocenters. The summed E-state index contributed by atoms with van der Waals surface area (Å²) in [4.78, 5) is 21.6. The normalized spacial score (nSPS) is 14.5. The van der Waals surface area contributed by atoms with Crippen LogP contribution in [0.3, 0.4) is 0 Å². The van der Waals surface area contributed by atoms with Crippen molar-refractivity contribution in [1.82, 2.24) is 38.2 Å². The van der Waals surface area contributed by atoms with Crippen LogP contribution in [0.5, 0.6) is 0 Å². The van der Waals surface area contributed by atoms with Crippen LogP contribution in [0.15, 0.2) is 219 Å². The van der Waals surface area contributed by atoms with E-state index in [9.17, 15) is 0 Å². The minimum atomic E-state index is -3.16. The minimum absolute atomic E-state index is 0. The van der Waals surface area contributed by atoms with Crippen LogP contribution in [0, 0.1) is 24.3 Å². The fraction of sp³-hybridized carbons (Fsp3) is 0.143. The molecule has 0 radical (unpaired) electrons. The molecule has 8 nitrogen and oxygen atoms in total. The van der Waals surface area contributed by atoms with Gasteiger partial charge >= 0.3 is 281 Å². The van der Waals surface area contributed by atoms with Crippen LogP contribution in [-0.4, -0.2) is 59.5 Å². The van der Waals surface area contributed by atoms with E-state index in [1.54, 1.807) is 0 Å². The van der Waals surface area contributed by atoms with Crippen molar-refractivity contribution >= 4 is 41.5 Å². The molecule has 2 aliphatic heterocycles. The molecule has 0 amide bonds. The molecule has 0 spiro atoms. The molecule has 82 heavy (non-hydrogen) atoms. The number of benzene rings is 8. The van der Waals surface area contributed by atoms with Crippen LogP contribution in [0.1, 0.15) is 49.9 Å². The Labute approximate surface area is 514 Å². The maximum Gasteiger partial charge on any atom is 2.00 e. The molecule has 0 aliphatic carbocycles. The summed E-state index contributed by atoms with van der Waals surface area (Å²) in [6.07, 6.45) is 8.71. The summed E-state index contributed by atoms with van der Waals surface area (Å²) < 4.78 is 11.3.